The molecule has 0 aromatic heterocycles. The van der Waals surface area contributed by atoms with Crippen LogP contribution in [0.3, 0.4) is 0 Å². The quantitative estimate of drug-likeness (QED) is 0.381. The second-order valence-electron chi connectivity index (χ2n) is 10.2. The van der Waals surface area contributed by atoms with E-state index >= 15 is 0 Å². The largest absolute Gasteiger partial charge is 0.347 e. The van der Waals surface area contributed by atoms with Gasteiger partial charge in [-0.25, -0.2) is 0 Å². The molecule has 0 aliphatic heterocycles. The highest BCUT2D eigenvalue weighted by atomic mass is 16.2. The maximum absolute atomic E-state index is 13.0. The number of rotatable bonds is 10. The number of nitrogens with one attached hydrogen (secondary N) is 4. The SMILES string of the molecule is CC(C)[C@H](NC(=O)[C@H](C)NC(=O)[C@@H](NC(=O)c1ccccc1)C(C)(C)C)C(=O)C(=O)NC1CC1. The van der Waals surface area contributed by atoms with Crippen LogP contribution in [-0.2, 0) is 19.2 Å². The fourth-order valence-electron chi connectivity index (χ4n) is 3.28. The lowest BCUT2D eigenvalue weighted by molar-refractivity contribution is -0.141. The molecule has 34 heavy (non-hydrogen) atoms. The molecule has 2 rings (SSSR count). The Labute approximate surface area is 200 Å². The molecular weight excluding hydrogens is 436 g/mol. The predicted molar refractivity (Wildman–Crippen MR) is 128 cm³/mol. The third-order valence-corrected chi connectivity index (χ3v) is 5.57. The van der Waals surface area contributed by atoms with Crippen molar-refractivity contribution in [3.05, 3.63) is 35.9 Å². The molecule has 0 spiro atoms. The van der Waals surface area contributed by atoms with E-state index in [0.29, 0.717) is 5.56 Å². The summed E-state index contributed by atoms with van der Waals surface area (Å²) >= 11 is 0. The summed E-state index contributed by atoms with van der Waals surface area (Å²) < 4.78 is 0. The molecular formula is C25H36N4O5. The minimum Gasteiger partial charge on any atom is -0.347 e. The maximum Gasteiger partial charge on any atom is 0.289 e. The lowest BCUT2D eigenvalue weighted by atomic mass is 9.85. The predicted octanol–water partition coefficient (Wildman–Crippen LogP) is 1.32. The van der Waals surface area contributed by atoms with Crippen LogP contribution in [0.4, 0.5) is 0 Å². The highest BCUT2D eigenvalue weighted by Gasteiger charge is 2.36. The number of Topliss-reactive ketones (excluding diaryl/α,β-unsaturated/α-hetero) is 1. The maximum atomic E-state index is 13.0. The number of hydrogen-bond acceptors (Lipinski definition) is 5. The van der Waals surface area contributed by atoms with Gasteiger partial charge >= 0.3 is 0 Å². The fraction of sp³-hybridized carbons (Fsp3) is 0.560. The van der Waals surface area contributed by atoms with Crippen molar-refractivity contribution in [2.75, 3.05) is 0 Å². The summed E-state index contributed by atoms with van der Waals surface area (Å²) in [7, 11) is 0. The number of carbonyl (C=O) groups excluding carboxylic acids is 5. The Morgan fingerprint density at radius 3 is 1.94 bits per heavy atom. The lowest BCUT2D eigenvalue weighted by Crippen LogP contribution is -2.59. The van der Waals surface area contributed by atoms with E-state index in [-0.39, 0.29) is 12.0 Å². The standard InChI is InChI=1S/C25H36N4O5/c1-14(2)18(19(30)23(33)27-17-12-13-17)28-21(31)15(3)26-24(34)20(25(4,5)6)29-22(32)16-10-8-7-9-11-16/h7-11,14-15,17-18,20H,12-13H2,1-6H3,(H,26,34)(H,27,33)(H,28,31)(H,29,32)/t15-,18-,20+/m0/s1. The van der Waals surface area contributed by atoms with Gasteiger partial charge in [0, 0.05) is 11.6 Å². The molecule has 9 heteroatoms. The molecule has 4 N–H and O–H groups in total. The van der Waals surface area contributed by atoms with Crippen LogP contribution in [0, 0.1) is 11.3 Å². The molecule has 0 bridgehead atoms. The summed E-state index contributed by atoms with van der Waals surface area (Å²) in [5, 5.41) is 10.6. The van der Waals surface area contributed by atoms with E-state index in [4.69, 9.17) is 0 Å². The molecule has 1 aliphatic carbocycles. The van der Waals surface area contributed by atoms with Crippen LogP contribution in [0.25, 0.3) is 0 Å². The van der Waals surface area contributed by atoms with Crippen molar-refractivity contribution in [2.24, 2.45) is 11.3 Å². The molecule has 9 nitrogen and oxygen atoms in total. The highest BCUT2D eigenvalue weighted by molar-refractivity contribution is 6.38. The Kier molecular flexibility index (Phi) is 8.95. The van der Waals surface area contributed by atoms with Gasteiger partial charge in [-0.15, -0.1) is 0 Å². The first-order valence-electron chi connectivity index (χ1n) is 11.6. The molecule has 1 aromatic carbocycles. The molecule has 1 aromatic rings. The number of benzene rings is 1. The van der Waals surface area contributed by atoms with Crippen molar-refractivity contribution >= 4 is 29.4 Å². The van der Waals surface area contributed by atoms with Crippen LogP contribution in [0.1, 0.15) is 64.7 Å². The summed E-state index contributed by atoms with van der Waals surface area (Å²) in [5.41, 5.74) is -0.222. The van der Waals surface area contributed by atoms with E-state index in [9.17, 15) is 24.0 Å². The van der Waals surface area contributed by atoms with Gasteiger partial charge in [0.25, 0.3) is 11.8 Å². The molecule has 0 heterocycles. The zero-order chi connectivity index (χ0) is 25.6. The van der Waals surface area contributed by atoms with Gasteiger partial charge < -0.3 is 21.3 Å². The van der Waals surface area contributed by atoms with E-state index < -0.39 is 53.0 Å². The van der Waals surface area contributed by atoms with E-state index in [2.05, 4.69) is 21.3 Å². The molecule has 1 saturated carbocycles. The first-order valence-corrected chi connectivity index (χ1v) is 11.6. The van der Waals surface area contributed by atoms with Gasteiger partial charge in [0.05, 0.1) is 6.04 Å². The topological polar surface area (TPSA) is 133 Å². The van der Waals surface area contributed by atoms with Crippen LogP contribution in [0.2, 0.25) is 0 Å². The number of amides is 4. The molecule has 3 atom stereocenters. The first kappa shape index (κ1) is 27.0. The van der Waals surface area contributed by atoms with Gasteiger partial charge in [0.2, 0.25) is 17.6 Å². The van der Waals surface area contributed by atoms with Gasteiger partial charge in [-0.1, -0.05) is 52.8 Å². The van der Waals surface area contributed by atoms with Crippen molar-refractivity contribution in [1.29, 1.82) is 0 Å². The van der Waals surface area contributed by atoms with Crippen LogP contribution >= 0.6 is 0 Å². The zero-order valence-electron chi connectivity index (χ0n) is 20.7. The Bertz CT molecular complexity index is 919. The lowest BCUT2D eigenvalue weighted by Gasteiger charge is -2.31. The minimum absolute atomic E-state index is 0.0265. The van der Waals surface area contributed by atoms with Gasteiger partial charge in [-0.2, -0.15) is 0 Å². The van der Waals surface area contributed by atoms with E-state index in [0.717, 1.165) is 12.8 Å². The molecule has 186 valence electrons. The Hall–Kier alpha value is -3.23. The Morgan fingerprint density at radius 1 is 0.853 bits per heavy atom. The summed E-state index contributed by atoms with van der Waals surface area (Å²) in [5.74, 6) is -3.28. The van der Waals surface area contributed by atoms with Gasteiger partial charge in [0.1, 0.15) is 12.1 Å². The molecule has 0 radical (unpaired) electrons. The van der Waals surface area contributed by atoms with E-state index in [1.54, 1.807) is 65.0 Å². The highest BCUT2D eigenvalue weighted by Crippen LogP contribution is 2.21. The average Bonchev–Trinajstić information content (AvgIpc) is 3.58. The number of ketones is 1. The molecule has 0 unspecified atom stereocenters. The van der Waals surface area contributed by atoms with Crippen molar-refractivity contribution < 1.29 is 24.0 Å². The number of hydrogen-bond donors (Lipinski definition) is 4. The zero-order valence-corrected chi connectivity index (χ0v) is 20.7. The average molecular weight is 473 g/mol. The molecule has 0 saturated heterocycles. The second-order valence-corrected chi connectivity index (χ2v) is 10.2. The van der Waals surface area contributed by atoms with Crippen molar-refractivity contribution in [1.82, 2.24) is 21.3 Å². The fourth-order valence-corrected chi connectivity index (χ4v) is 3.28. The van der Waals surface area contributed by atoms with Crippen LogP contribution in [-0.4, -0.2) is 53.6 Å². The number of carbonyl (C=O) groups is 5. The van der Waals surface area contributed by atoms with Crippen LogP contribution in [0.5, 0.6) is 0 Å². The first-order chi connectivity index (χ1) is 15.8. The van der Waals surface area contributed by atoms with Gasteiger partial charge in [-0.3, -0.25) is 24.0 Å². The van der Waals surface area contributed by atoms with Crippen molar-refractivity contribution in [3.63, 3.8) is 0 Å². The molecule has 1 fully saturated rings. The van der Waals surface area contributed by atoms with Crippen LogP contribution in [0.15, 0.2) is 30.3 Å². The van der Waals surface area contributed by atoms with Crippen molar-refractivity contribution in [3.8, 4) is 0 Å². The Balaban J connectivity index is 2.03. The summed E-state index contributed by atoms with van der Waals surface area (Å²) in [4.78, 5) is 63.1. The van der Waals surface area contributed by atoms with E-state index in [1.165, 1.54) is 6.92 Å². The molecule has 1 aliphatic rings. The minimum atomic E-state index is -1.01. The summed E-state index contributed by atoms with van der Waals surface area (Å²) in [6.45, 7) is 10.4. The normalized spacial score (nSPS) is 16.1. The summed E-state index contributed by atoms with van der Waals surface area (Å²) in [6.07, 6.45) is 1.69. The van der Waals surface area contributed by atoms with Crippen molar-refractivity contribution in [2.45, 2.75) is 78.6 Å². The van der Waals surface area contributed by atoms with Gasteiger partial charge in [0.15, 0.2) is 0 Å². The smallest absolute Gasteiger partial charge is 0.289 e. The molecule has 4 amide bonds. The monoisotopic (exact) mass is 472 g/mol. The second kappa shape index (κ2) is 11.3. The van der Waals surface area contributed by atoms with Crippen LogP contribution < -0.4 is 21.3 Å². The van der Waals surface area contributed by atoms with E-state index in [1.807, 2.05) is 0 Å². The third-order valence-electron chi connectivity index (χ3n) is 5.57. The van der Waals surface area contributed by atoms with Gasteiger partial charge in [-0.05, 0) is 43.2 Å². The third kappa shape index (κ3) is 7.67. The summed E-state index contributed by atoms with van der Waals surface area (Å²) in [6, 6.07) is 5.64. The Morgan fingerprint density at radius 2 is 1.44 bits per heavy atom.